The minimum absolute atomic E-state index is 0.229. The van der Waals surface area contributed by atoms with Crippen molar-refractivity contribution in [2.75, 3.05) is 12.3 Å². The number of carbonyl (C=O) groups excluding carboxylic acids is 1. The second-order valence-corrected chi connectivity index (χ2v) is 4.33. The summed E-state index contributed by atoms with van der Waals surface area (Å²) in [6, 6.07) is 0. The summed E-state index contributed by atoms with van der Waals surface area (Å²) in [5.41, 5.74) is 7.62. The van der Waals surface area contributed by atoms with Crippen molar-refractivity contribution in [3.05, 3.63) is 11.9 Å². The van der Waals surface area contributed by atoms with Crippen molar-refractivity contribution in [1.29, 1.82) is 0 Å². The zero-order valence-corrected chi connectivity index (χ0v) is 11.8. The lowest BCUT2D eigenvalue weighted by atomic mass is 10.2. The van der Waals surface area contributed by atoms with Gasteiger partial charge in [0, 0.05) is 6.54 Å². The lowest BCUT2D eigenvalue weighted by molar-refractivity contribution is 0.104. The van der Waals surface area contributed by atoms with E-state index in [9.17, 15) is 4.79 Å². The standard InChI is InChI=1S/C13H18N4O3/c1-4-6-17-12-9(7-15-17)10(14)11(8(3)16-12)20-13(18)19-5-2/h7H,4-6H2,1-3H3,(H2,14,16). The Morgan fingerprint density at radius 1 is 1.45 bits per heavy atom. The summed E-state index contributed by atoms with van der Waals surface area (Å²) >= 11 is 0. The average molecular weight is 278 g/mol. The lowest BCUT2D eigenvalue weighted by Gasteiger charge is -2.10. The highest BCUT2D eigenvalue weighted by Gasteiger charge is 2.18. The minimum atomic E-state index is -0.788. The fourth-order valence-electron chi connectivity index (χ4n) is 1.95. The predicted octanol–water partition coefficient (Wildman–Crippen LogP) is 2.27. The van der Waals surface area contributed by atoms with Gasteiger partial charge in [0.15, 0.2) is 11.4 Å². The molecule has 0 fully saturated rings. The molecule has 2 N–H and O–H groups in total. The van der Waals surface area contributed by atoms with Crippen LogP contribution in [0.15, 0.2) is 6.20 Å². The van der Waals surface area contributed by atoms with Crippen LogP contribution in [0.4, 0.5) is 10.5 Å². The van der Waals surface area contributed by atoms with E-state index in [4.69, 9.17) is 15.2 Å². The smallest absolute Gasteiger partial charge is 0.434 e. The van der Waals surface area contributed by atoms with Crippen LogP contribution in [-0.4, -0.2) is 27.5 Å². The number of ether oxygens (including phenoxy) is 2. The molecule has 0 unspecified atom stereocenters. The number of hydrogen-bond acceptors (Lipinski definition) is 6. The summed E-state index contributed by atoms with van der Waals surface area (Å²) in [5, 5.41) is 4.92. The van der Waals surface area contributed by atoms with Gasteiger partial charge in [-0.25, -0.2) is 14.5 Å². The SMILES string of the molecule is CCCn1ncc2c(N)c(OC(=O)OCC)c(C)nc21. The van der Waals surface area contributed by atoms with Crippen LogP contribution < -0.4 is 10.5 Å². The average Bonchev–Trinajstić information content (AvgIpc) is 2.79. The van der Waals surface area contributed by atoms with Gasteiger partial charge < -0.3 is 15.2 Å². The molecule has 2 aromatic heterocycles. The Hall–Kier alpha value is -2.31. The number of aryl methyl sites for hydroxylation is 2. The van der Waals surface area contributed by atoms with Crippen LogP contribution in [0.5, 0.6) is 5.75 Å². The molecule has 20 heavy (non-hydrogen) atoms. The van der Waals surface area contributed by atoms with E-state index in [0.29, 0.717) is 22.4 Å². The maximum atomic E-state index is 11.4. The van der Waals surface area contributed by atoms with Gasteiger partial charge in [0.05, 0.1) is 29.6 Å². The summed E-state index contributed by atoms with van der Waals surface area (Å²) in [5.74, 6) is 0.229. The Labute approximate surface area is 116 Å². The van der Waals surface area contributed by atoms with E-state index in [-0.39, 0.29) is 12.4 Å². The molecule has 0 saturated heterocycles. The van der Waals surface area contributed by atoms with Gasteiger partial charge in [-0.3, -0.25) is 0 Å². The highest BCUT2D eigenvalue weighted by Crippen LogP contribution is 2.32. The molecule has 0 aliphatic rings. The van der Waals surface area contributed by atoms with Crippen molar-refractivity contribution in [3.63, 3.8) is 0 Å². The number of anilines is 1. The zero-order valence-electron chi connectivity index (χ0n) is 11.8. The maximum Gasteiger partial charge on any atom is 0.513 e. The number of aromatic nitrogens is 3. The largest absolute Gasteiger partial charge is 0.513 e. The first kappa shape index (κ1) is 14.1. The van der Waals surface area contributed by atoms with Crippen molar-refractivity contribution >= 4 is 22.9 Å². The first-order valence-electron chi connectivity index (χ1n) is 6.54. The molecular weight excluding hydrogens is 260 g/mol. The summed E-state index contributed by atoms with van der Waals surface area (Å²) in [4.78, 5) is 15.8. The normalized spacial score (nSPS) is 10.8. The highest BCUT2D eigenvalue weighted by atomic mass is 16.7. The van der Waals surface area contributed by atoms with Crippen LogP contribution in [0.1, 0.15) is 26.0 Å². The molecule has 0 radical (unpaired) electrons. The first-order valence-corrected chi connectivity index (χ1v) is 6.54. The van der Waals surface area contributed by atoms with Crippen LogP contribution >= 0.6 is 0 Å². The quantitative estimate of drug-likeness (QED) is 0.862. The Kier molecular flexibility index (Phi) is 4.07. The second kappa shape index (κ2) is 5.77. The van der Waals surface area contributed by atoms with Crippen molar-refractivity contribution in [3.8, 4) is 5.75 Å². The molecule has 0 atom stereocenters. The Morgan fingerprint density at radius 2 is 2.20 bits per heavy atom. The van der Waals surface area contributed by atoms with Gasteiger partial charge in [0.2, 0.25) is 0 Å². The Bertz CT molecular complexity index is 636. The van der Waals surface area contributed by atoms with E-state index >= 15 is 0 Å². The van der Waals surface area contributed by atoms with Gasteiger partial charge in [-0.2, -0.15) is 5.10 Å². The second-order valence-electron chi connectivity index (χ2n) is 4.33. The Balaban J connectivity index is 2.44. The van der Waals surface area contributed by atoms with E-state index in [1.54, 1.807) is 24.7 Å². The van der Waals surface area contributed by atoms with Gasteiger partial charge in [0.1, 0.15) is 0 Å². The van der Waals surface area contributed by atoms with Crippen LogP contribution in [0.2, 0.25) is 0 Å². The van der Waals surface area contributed by atoms with Gasteiger partial charge in [-0.1, -0.05) is 6.92 Å². The van der Waals surface area contributed by atoms with Crippen molar-refractivity contribution in [2.45, 2.75) is 33.7 Å². The number of carbonyl (C=O) groups is 1. The molecule has 108 valence electrons. The fourth-order valence-corrected chi connectivity index (χ4v) is 1.95. The van der Waals surface area contributed by atoms with E-state index in [2.05, 4.69) is 17.0 Å². The van der Waals surface area contributed by atoms with Crippen molar-refractivity contribution < 1.29 is 14.3 Å². The van der Waals surface area contributed by atoms with Crippen LogP contribution in [-0.2, 0) is 11.3 Å². The third kappa shape index (κ3) is 2.52. The van der Waals surface area contributed by atoms with Crippen LogP contribution in [0.25, 0.3) is 11.0 Å². The predicted molar refractivity (Wildman–Crippen MR) is 74.6 cm³/mol. The molecular formula is C13H18N4O3. The molecule has 7 nitrogen and oxygen atoms in total. The first-order chi connectivity index (χ1) is 9.58. The van der Waals surface area contributed by atoms with Crippen LogP contribution in [0, 0.1) is 6.92 Å². The molecule has 0 bridgehead atoms. The number of pyridine rings is 1. The monoisotopic (exact) mass is 278 g/mol. The molecule has 2 aromatic rings. The Morgan fingerprint density at radius 3 is 2.85 bits per heavy atom. The van der Waals surface area contributed by atoms with E-state index in [1.807, 2.05) is 0 Å². The molecule has 2 heterocycles. The minimum Gasteiger partial charge on any atom is -0.434 e. The molecule has 7 heteroatoms. The summed E-state index contributed by atoms with van der Waals surface area (Å²) < 4.78 is 11.6. The van der Waals surface area contributed by atoms with Crippen molar-refractivity contribution in [2.24, 2.45) is 0 Å². The van der Waals surface area contributed by atoms with E-state index in [1.165, 1.54) is 0 Å². The molecule has 2 rings (SSSR count). The summed E-state index contributed by atoms with van der Waals surface area (Å²) in [6.45, 7) is 6.48. The molecule has 0 aliphatic carbocycles. The van der Waals surface area contributed by atoms with Gasteiger partial charge in [0.25, 0.3) is 0 Å². The maximum absolute atomic E-state index is 11.4. The van der Waals surface area contributed by atoms with E-state index in [0.717, 1.165) is 13.0 Å². The fraction of sp³-hybridized carbons (Fsp3) is 0.462. The highest BCUT2D eigenvalue weighted by molar-refractivity contribution is 5.92. The summed E-state index contributed by atoms with van der Waals surface area (Å²) in [7, 11) is 0. The van der Waals surface area contributed by atoms with Gasteiger partial charge in [-0.05, 0) is 20.3 Å². The number of rotatable bonds is 4. The van der Waals surface area contributed by atoms with Gasteiger partial charge in [-0.15, -0.1) is 0 Å². The van der Waals surface area contributed by atoms with Crippen LogP contribution in [0.3, 0.4) is 0 Å². The number of hydrogen-bond donors (Lipinski definition) is 1. The molecule has 0 aromatic carbocycles. The van der Waals surface area contributed by atoms with Crippen molar-refractivity contribution in [1.82, 2.24) is 14.8 Å². The number of nitrogens with two attached hydrogens (primary N) is 1. The summed E-state index contributed by atoms with van der Waals surface area (Å²) in [6.07, 6.45) is 1.79. The van der Waals surface area contributed by atoms with E-state index < -0.39 is 6.16 Å². The lowest BCUT2D eigenvalue weighted by Crippen LogP contribution is -2.13. The third-order valence-electron chi connectivity index (χ3n) is 2.83. The molecule has 0 aliphatic heterocycles. The topological polar surface area (TPSA) is 92.3 Å². The molecule has 0 spiro atoms. The number of nitrogens with zero attached hydrogens (tertiary/aromatic N) is 3. The molecule has 0 amide bonds. The number of nitrogen functional groups attached to an aromatic ring is 1. The zero-order chi connectivity index (χ0) is 14.7. The number of fused-ring (bicyclic) bond motifs is 1. The third-order valence-corrected chi connectivity index (χ3v) is 2.83. The molecule has 0 saturated carbocycles. The van der Waals surface area contributed by atoms with Gasteiger partial charge >= 0.3 is 6.16 Å².